The van der Waals surface area contributed by atoms with Crippen LogP contribution in [0.1, 0.15) is 32.6 Å². The van der Waals surface area contributed by atoms with E-state index in [1.165, 1.54) is 30.7 Å². The van der Waals surface area contributed by atoms with E-state index < -0.39 is 0 Å². The van der Waals surface area contributed by atoms with Crippen LogP contribution in [0.5, 0.6) is 0 Å². The summed E-state index contributed by atoms with van der Waals surface area (Å²) in [6, 6.07) is 6.36. The normalized spacial score (nSPS) is 10.7. The molecule has 1 aromatic heterocycles. The third-order valence-electron chi connectivity index (χ3n) is 3.28. The van der Waals surface area contributed by atoms with E-state index in [1.807, 2.05) is 0 Å². The van der Waals surface area contributed by atoms with Crippen LogP contribution in [0, 0.1) is 5.82 Å². The monoisotopic (exact) mass is 336 g/mol. The highest BCUT2D eigenvalue weighted by molar-refractivity contribution is 7.99. The molecule has 2 rings (SSSR count). The van der Waals surface area contributed by atoms with Crippen LogP contribution >= 0.6 is 11.8 Å². The minimum Gasteiger partial charge on any atom is -0.355 e. The fraction of sp³-hybridized carbons (Fsp3) is 0.438. The molecule has 0 atom stereocenters. The number of hydrogen-bond donors (Lipinski definition) is 2. The molecule has 0 saturated heterocycles. The Morgan fingerprint density at radius 3 is 2.91 bits per heavy atom. The Morgan fingerprint density at radius 1 is 1.30 bits per heavy atom. The van der Waals surface area contributed by atoms with Gasteiger partial charge in [-0.2, -0.15) is 0 Å². The number of amides is 1. The molecule has 0 saturated carbocycles. The predicted octanol–water partition coefficient (Wildman–Crippen LogP) is 3.40. The summed E-state index contributed by atoms with van der Waals surface area (Å²) in [5.74, 6) is 0.224. The number of carbonyl (C=O) groups excluding carboxylic acids is 1. The van der Waals surface area contributed by atoms with Crippen LogP contribution in [0.25, 0.3) is 11.4 Å². The van der Waals surface area contributed by atoms with Crippen molar-refractivity contribution in [3.8, 4) is 11.4 Å². The molecule has 0 radical (unpaired) electrons. The third-order valence-corrected chi connectivity index (χ3v) is 4.13. The van der Waals surface area contributed by atoms with Gasteiger partial charge < -0.3 is 5.32 Å². The van der Waals surface area contributed by atoms with E-state index in [9.17, 15) is 9.18 Å². The zero-order valence-corrected chi connectivity index (χ0v) is 14.0. The highest BCUT2D eigenvalue weighted by Gasteiger charge is 2.11. The van der Waals surface area contributed by atoms with E-state index in [-0.39, 0.29) is 17.5 Å². The summed E-state index contributed by atoms with van der Waals surface area (Å²) in [5.41, 5.74) is 0.368. The highest BCUT2D eigenvalue weighted by atomic mass is 32.2. The Kier molecular flexibility index (Phi) is 7.06. The van der Waals surface area contributed by atoms with E-state index in [2.05, 4.69) is 27.4 Å². The molecule has 23 heavy (non-hydrogen) atoms. The Bertz CT molecular complexity index is 632. The van der Waals surface area contributed by atoms with Crippen molar-refractivity contribution in [2.75, 3.05) is 12.3 Å². The average molecular weight is 336 g/mol. The molecule has 0 aliphatic carbocycles. The minimum atomic E-state index is -0.356. The lowest BCUT2D eigenvalue weighted by Gasteiger charge is -2.03. The van der Waals surface area contributed by atoms with Crippen molar-refractivity contribution in [1.29, 1.82) is 0 Å². The molecule has 0 bridgehead atoms. The van der Waals surface area contributed by atoms with Crippen LogP contribution < -0.4 is 5.32 Å². The summed E-state index contributed by atoms with van der Waals surface area (Å²) in [7, 11) is 0. The first-order valence-corrected chi connectivity index (χ1v) is 8.76. The topological polar surface area (TPSA) is 70.7 Å². The number of thioether (sulfide) groups is 1. The van der Waals surface area contributed by atoms with E-state index in [0.717, 1.165) is 12.8 Å². The molecule has 124 valence electrons. The molecule has 0 spiro atoms. The van der Waals surface area contributed by atoms with Gasteiger partial charge in [0.2, 0.25) is 11.1 Å². The van der Waals surface area contributed by atoms with Gasteiger partial charge in [-0.3, -0.25) is 9.89 Å². The number of nitrogens with zero attached hydrogens (tertiary/aromatic N) is 2. The minimum absolute atomic E-state index is 0.0382. The van der Waals surface area contributed by atoms with Crippen LogP contribution in [0.15, 0.2) is 29.4 Å². The maximum absolute atomic E-state index is 13.7. The zero-order valence-electron chi connectivity index (χ0n) is 13.1. The van der Waals surface area contributed by atoms with Gasteiger partial charge >= 0.3 is 0 Å². The first-order valence-electron chi connectivity index (χ1n) is 7.77. The fourth-order valence-corrected chi connectivity index (χ4v) is 2.67. The first kappa shape index (κ1) is 17.5. The van der Waals surface area contributed by atoms with Gasteiger partial charge in [-0.1, -0.05) is 50.1 Å². The zero-order chi connectivity index (χ0) is 16.5. The Balaban J connectivity index is 1.77. The Morgan fingerprint density at radius 2 is 2.13 bits per heavy atom. The van der Waals surface area contributed by atoms with E-state index in [0.29, 0.717) is 23.1 Å². The SMILES string of the molecule is CCCCCCNC(=O)CSc1n[nH]c(-c2ccccc2F)n1. The van der Waals surface area contributed by atoms with E-state index in [1.54, 1.807) is 18.2 Å². The number of H-pyrrole nitrogens is 1. The van der Waals surface area contributed by atoms with E-state index in [4.69, 9.17) is 0 Å². The van der Waals surface area contributed by atoms with Gasteiger partial charge in [-0.15, -0.1) is 5.10 Å². The van der Waals surface area contributed by atoms with Gasteiger partial charge in [-0.05, 0) is 18.6 Å². The molecule has 7 heteroatoms. The third kappa shape index (κ3) is 5.67. The van der Waals surface area contributed by atoms with Crippen LogP contribution in [0.4, 0.5) is 4.39 Å². The van der Waals surface area contributed by atoms with Crippen molar-refractivity contribution in [2.24, 2.45) is 0 Å². The smallest absolute Gasteiger partial charge is 0.230 e. The van der Waals surface area contributed by atoms with Crippen molar-refractivity contribution in [1.82, 2.24) is 20.5 Å². The van der Waals surface area contributed by atoms with Crippen molar-refractivity contribution >= 4 is 17.7 Å². The number of hydrogen-bond acceptors (Lipinski definition) is 4. The standard InChI is InChI=1S/C16H21FN4OS/c1-2-3-4-7-10-18-14(22)11-23-16-19-15(20-21-16)12-8-5-6-9-13(12)17/h5-6,8-9H,2-4,7,10-11H2,1H3,(H,18,22)(H,19,20,21). The number of aromatic nitrogens is 3. The number of rotatable bonds is 9. The summed E-state index contributed by atoms with van der Waals surface area (Å²) in [4.78, 5) is 15.9. The Hall–Kier alpha value is -1.89. The summed E-state index contributed by atoms with van der Waals surface area (Å²) in [5, 5.41) is 10.0. The molecule has 1 heterocycles. The lowest BCUT2D eigenvalue weighted by atomic mass is 10.2. The van der Waals surface area contributed by atoms with Crippen LogP contribution in [-0.4, -0.2) is 33.4 Å². The first-order chi connectivity index (χ1) is 11.2. The maximum atomic E-state index is 13.7. The van der Waals surface area contributed by atoms with Crippen molar-refractivity contribution in [3.63, 3.8) is 0 Å². The van der Waals surface area contributed by atoms with Crippen molar-refractivity contribution in [3.05, 3.63) is 30.1 Å². The highest BCUT2D eigenvalue weighted by Crippen LogP contribution is 2.21. The lowest BCUT2D eigenvalue weighted by molar-refractivity contribution is -0.118. The summed E-state index contributed by atoms with van der Waals surface area (Å²) in [6.07, 6.45) is 4.51. The molecule has 0 unspecified atom stereocenters. The number of aromatic amines is 1. The second kappa shape index (κ2) is 9.29. The quantitative estimate of drug-likeness (QED) is 0.544. The Labute approximate surface area is 139 Å². The summed E-state index contributed by atoms with van der Waals surface area (Å²) < 4.78 is 13.7. The summed E-state index contributed by atoms with van der Waals surface area (Å²) >= 11 is 1.23. The van der Waals surface area contributed by atoms with Gasteiger partial charge in [-0.25, -0.2) is 9.37 Å². The lowest BCUT2D eigenvalue weighted by Crippen LogP contribution is -2.26. The molecule has 1 amide bonds. The number of carbonyl (C=O) groups is 1. The van der Waals surface area contributed by atoms with E-state index >= 15 is 0 Å². The largest absolute Gasteiger partial charge is 0.355 e. The van der Waals surface area contributed by atoms with Gasteiger partial charge in [0, 0.05) is 6.54 Å². The molecule has 1 aromatic carbocycles. The summed E-state index contributed by atoms with van der Waals surface area (Å²) in [6.45, 7) is 2.86. The second-order valence-electron chi connectivity index (χ2n) is 5.15. The number of nitrogens with one attached hydrogen (secondary N) is 2. The number of benzene rings is 1. The second-order valence-corrected chi connectivity index (χ2v) is 6.09. The van der Waals surface area contributed by atoms with Gasteiger partial charge in [0.25, 0.3) is 0 Å². The molecular formula is C16H21FN4OS. The predicted molar refractivity (Wildman–Crippen MR) is 89.7 cm³/mol. The maximum Gasteiger partial charge on any atom is 0.230 e. The molecule has 2 aromatic rings. The van der Waals surface area contributed by atoms with Crippen LogP contribution in [0.3, 0.4) is 0 Å². The molecular weight excluding hydrogens is 315 g/mol. The van der Waals surface area contributed by atoms with Crippen LogP contribution in [-0.2, 0) is 4.79 Å². The average Bonchev–Trinajstić information content (AvgIpc) is 3.02. The van der Waals surface area contributed by atoms with Gasteiger partial charge in [0.1, 0.15) is 5.82 Å². The fourth-order valence-electron chi connectivity index (χ4n) is 2.05. The molecule has 0 aliphatic rings. The van der Waals surface area contributed by atoms with Crippen molar-refractivity contribution in [2.45, 2.75) is 37.8 Å². The molecule has 5 nitrogen and oxygen atoms in total. The number of halogens is 1. The van der Waals surface area contributed by atoms with Crippen molar-refractivity contribution < 1.29 is 9.18 Å². The van der Waals surface area contributed by atoms with Crippen LogP contribution in [0.2, 0.25) is 0 Å². The molecule has 0 aliphatic heterocycles. The van der Waals surface area contributed by atoms with Gasteiger partial charge in [0.15, 0.2) is 5.82 Å². The molecule has 2 N–H and O–H groups in total. The molecule has 0 fully saturated rings. The number of unbranched alkanes of at least 4 members (excludes halogenated alkanes) is 3. The van der Waals surface area contributed by atoms with Gasteiger partial charge in [0.05, 0.1) is 11.3 Å².